The highest BCUT2D eigenvalue weighted by atomic mass is 19.1. The Morgan fingerprint density at radius 2 is 1.71 bits per heavy atom. The second-order valence-corrected chi connectivity index (χ2v) is 8.88. The normalized spacial score (nSPS) is 12.7. The lowest BCUT2D eigenvalue weighted by Gasteiger charge is -2.08. The van der Waals surface area contributed by atoms with E-state index in [4.69, 9.17) is 0 Å². The maximum Gasteiger partial charge on any atom is 0.272 e. The van der Waals surface area contributed by atoms with E-state index in [1.807, 2.05) is 36.7 Å². The van der Waals surface area contributed by atoms with Crippen molar-refractivity contribution in [1.29, 1.82) is 0 Å². The van der Waals surface area contributed by atoms with E-state index in [0.29, 0.717) is 12.2 Å². The average molecular weight is 466 g/mol. The van der Waals surface area contributed by atoms with E-state index in [9.17, 15) is 9.18 Å². The zero-order chi connectivity index (χ0) is 23.8. The Morgan fingerprint density at radius 3 is 2.54 bits per heavy atom. The molecule has 0 radical (unpaired) electrons. The Morgan fingerprint density at radius 1 is 0.943 bits per heavy atom. The predicted octanol–water partition coefficient (Wildman–Crippen LogP) is 4.83. The number of benzene rings is 3. The van der Waals surface area contributed by atoms with Crippen LogP contribution in [0.3, 0.4) is 0 Å². The molecule has 1 aliphatic carbocycles. The van der Waals surface area contributed by atoms with Gasteiger partial charge in [0.15, 0.2) is 5.69 Å². The number of nitrogens with zero attached hydrogens (tertiary/aromatic N) is 4. The van der Waals surface area contributed by atoms with Crippen molar-refractivity contribution in [3.63, 3.8) is 0 Å². The number of aromatic nitrogens is 4. The van der Waals surface area contributed by atoms with Crippen LogP contribution in [0.5, 0.6) is 0 Å². The SMILES string of the molecule is O=C(NCc1ccc(Cn2cnc3ccccc32)cc1)c1nn(-c2ccc(F)cc2)c2c1CCC2. The van der Waals surface area contributed by atoms with Gasteiger partial charge in [-0.15, -0.1) is 0 Å². The number of fused-ring (bicyclic) bond motifs is 2. The van der Waals surface area contributed by atoms with Gasteiger partial charge in [0.1, 0.15) is 5.82 Å². The summed E-state index contributed by atoms with van der Waals surface area (Å²) in [7, 11) is 0. The molecule has 2 heterocycles. The van der Waals surface area contributed by atoms with E-state index in [1.54, 1.807) is 16.8 Å². The molecule has 0 spiro atoms. The third-order valence-corrected chi connectivity index (χ3v) is 6.57. The van der Waals surface area contributed by atoms with Crippen LogP contribution in [0.4, 0.5) is 4.39 Å². The maximum absolute atomic E-state index is 13.4. The Kier molecular flexibility index (Phi) is 5.37. The van der Waals surface area contributed by atoms with E-state index < -0.39 is 0 Å². The van der Waals surface area contributed by atoms with Gasteiger partial charge in [-0.2, -0.15) is 5.10 Å². The largest absolute Gasteiger partial charge is 0.347 e. The zero-order valence-electron chi connectivity index (χ0n) is 19.1. The average Bonchev–Trinajstić information content (AvgIpc) is 3.60. The Balaban J connectivity index is 1.14. The summed E-state index contributed by atoms with van der Waals surface area (Å²) < 4.78 is 17.3. The molecule has 0 bridgehead atoms. The molecule has 7 heteroatoms. The summed E-state index contributed by atoms with van der Waals surface area (Å²) in [4.78, 5) is 17.5. The number of para-hydroxylation sites is 2. The van der Waals surface area contributed by atoms with Crippen molar-refractivity contribution < 1.29 is 9.18 Å². The van der Waals surface area contributed by atoms with Gasteiger partial charge in [0, 0.05) is 24.3 Å². The molecule has 3 aromatic carbocycles. The number of hydrogen-bond donors (Lipinski definition) is 1. The van der Waals surface area contributed by atoms with E-state index >= 15 is 0 Å². The number of amides is 1. The third-order valence-electron chi connectivity index (χ3n) is 6.57. The van der Waals surface area contributed by atoms with Crippen molar-refractivity contribution in [1.82, 2.24) is 24.6 Å². The quantitative estimate of drug-likeness (QED) is 0.391. The van der Waals surface area contributed by atoms with Gasteiger partial charge >= 0.3 is 0 Å². The van der Waals surface area contributed by atoms with Crippen LogP contribution in [-0.2, 0) is 25.9 Å². The molecule has 174 valence electrons. The number of imidazole rings is 1. The summed E-state index contributed by atoms with van der Waals surface area (Å²) in [6, 6.07) is 22.5. The highest BCUT2D eigenvalue weighted by Crippen LogP contribution is 2.28. The van der Waals surface area contributed by atoms with Crippen LogP contribution >= 0.6 is 0 Å². The number of carbonyl (C=O) groups is 1. The third kappa shape index (κ3) is 4.10. The number of carbonyl (C=O) groups excluding carboxylic acids is 1. The molecule has 0 fully saturated rings. The van der Waals surface area contributed by atoms with Gasteiger partial charge in [-0.3, -0.25) is 4.79 Å². The van der Waals surface area contributed by atoms with E-state index in [0.717, 1.165) is 59.3 Å². The van der Waals surface area contributed by atoms with Crippen LogP contribution in [0.25, 0.3) is 16.7 Å². The fourth-order valence-electron chi connectivity index (χ4n) is 4.78. The van der Waals surface area contributed by atoms with Gasteiger partial charge in [-0.25, -0.2) is 14.1 Å². The second-order valence-electron chi connectivity index (χ2n) is 8.88. The zero-order valence-corrected chi connectivity index (χ0v) is 19.1. The highest BCUT2D eigenvalue weighted by molar-refractivity contribution is 5.94. The van der Waals surface area contributed by atoms with Crippen LogP contribution in [-0.4, -0.2) is 25.2 Å². The lowest BCUT2D eigenvalue weighted by Crippen LogP contribution is -2.24. The highest BCUT2D eigenvalue weighted by Gasteiger charge is 2.26. The predicted molar refractivity (Wildman–Crippen MR) is 132 cm³/mol. The molecule has 1 amide bonds. The lowest BCUT2D eigenvalue weighted by molar-refractivity contribution is 0.0944. The molecular formula is C28H24FN5O. The molecule has 35 heavy (non-hydrogen) atoms. The molecule has 0 atom stereocenters. The molecule has 0 saturated heterocycles. The van der Waals surface area contributed by atoms with Gasteiger partial charge in [-0.1, -0.05) is 36.4 Å². The van der Waals surface area contributed by atoms with Crippen LogP contribution in [0.15, 0.2) is 79.1 Å². The minimum atomic E-state index is -0.292. The minimum Gasteiger partial charge on any atom is -0.347 e. The summed E-state index contributed by atoms with van der Waals surface area (Å²) in [6.45, 7) is 1.16. The number of halogens is 1. The van der Waals surface area contributed by atoms with E-state index in [2.05, 4.69) is 38.2 Å². The Labute approximate surface area is 202 Å². The summed E-state index contributed by atoms with van der Waals surface area (Å²) in [5.74, 6) is -0.474. The fraction of sp³-hybridized carbons (Fsp3) is 0.179. The Hall–Kier alpha value is -4.26. The van der Waals surface area contributed by atoms with Crippen molar-refractivity contribution in [3.8, 4) is 5.69 Å². The van der Waals surface area contributed by atoms with Crippen LogP contribution in [0.2, 0.25) is 0 Å². The van der Waals surface area contributed by atoms with Crippen molar-refractivity contribution in [2.24, 2.45) is 0 Å². The van der Waals surface area contributed by atoms with Gasteiger partial charge in [-0.05, 0) is 66.8 Å². The molecule has 5 aromatic rings. The van der Waals surface area contributed by atoms with E-state index in [1.165, 1.54) is 17.7 Å². The molecule has 1 aliphatic rings. The topological polar surface area (TPSA) is 64.7 Å². The first-order valence-corrected chi connectivity index (χ1v) is 11.8. The number of rotatable bonds is 6. The summed E-state index contributed by atoms with van der Waals surface area (Å²) in [5.41, 5.74) is 7.55. The smallest absolute Gasteiger partial charge is 0.272 e. The van der Waals surface area contributed by atoms with Crippen molar-refractivity contribution >= 4 is 16.9 Å². The van der Waals surface area contributed by atoms with Gasteiger partial charge in [0.2, 0.25) is 0 Å². The molecule has 6 nitrogen and oxygen atoms in total. The summed E-state index contributed by atoms with van der Waals surface area (Å²) in [6.07, 6.45) is 4.54. The van der Waals surface area contributed by atoms with Crippen LogP contribution < -0.4 is 5.32 Å². The Bertz CT molecular complexity index is 1520. The molecular weight excluding hydrogens is 441 g/mol. The number of nitrogens with one attached hydrogen (secondary N) is 1. The molecule has 2 aromatic heterocycles. The van der Waals surface area contributed by atoms with Crippen molar-refractivity contribution in [2.75, 3.05) is 0 Å². The maximum atomic E-state index is 13.4. The van der Waals surface area contributed by atoms with Gasteiger partial charge < -0.3 is 9.88 Å². The first-order valence-electron chi connectivity index (χ1n) is 11.8. The first-order chi connectivity index (χ1) is 17.2. The molecule has 6 rings (SSSR count). The summed E-state index contributed by atoms with van der Waals surface area (Å²) >= 11 is 0. The van der Waals surface area contributed by atoms with Gasteiger partial charge in [0.05, 0.1) is 23.0 Å². The second kappa shape index (κ2) is 8.83. The molecule has 0 unspecified atom stereocenters. The molecule has 0 saturated carbocycles. The number of hydrogen-bond acceptors (Lipinski definition) is 3. The summed E-state index contributed by atoms with van der Waals surface area (Å²) in [5, 5.41) is 7.62. The van der Waals surface area contributed by atoms with Crippen LogP contribution in [0.1, 0.15) is 39.3 Å². The van der Waals surface area contributed by atoms with Crippen molar-refractivity contribution in [2.45, 2.75) is 32.4 Å². The first kappa shape index (κ1) is 21.3. The molecule has 0 aliphatic heterocycles. The molecule has 1 N–H and O–H groups in total. The van der Waals surface area contributed by atoms with Crippen LogP contribution in [0, 0.1) is 5.82 Å². The fourth-order valence-corrected chi connectivity index (χ4v) is 4.78. The minimum absolute atomic E-state index is 0.182. The lowest BCUT2D eigenvalue weighted by atomic mass is 10.1. The van der Waals surface area contributed by atoms with Gasteiger partial charge in [0.25, 0.3) is 5.91 Å². The standard InChI is InChI=1S/C28H24FN5O/c29-21-12-14-22(15-13-21)34-25-7-3-4-23(25)27(32-34)28(35)30-16-19-8-10-20(11-9-19)17-33-18-31-24-5-1-2-6-26(24)33/h1-2,5-6,8-15,18H,3-4,7,16-17H2,(H,30,35). The van der Waals surface area contributed by atoms with E-state index in [-0.39, 0.29) is 11.7 Å². The monoisotopic (exact) mass is 465 g/mol. The van der Waals surface area contributed by atoms with Crippen molar-refractivity contribution in [3.05, 3.63) is 113 Å².